The molecule has 0 bridgehead atoms. The van der Waals surface area contributed by atoms with Gasteiger partial charge in [0, 0.05) is 12.1 Å². The first kappa shape index (κ1) is 12.9. The highest BCUT2D eigenvalue weighted by Crippen LogP contribution is 2.36. The van der Waals surface area contributed by atoms with Crippen molar-refractivity contribution in [3.63, 3.8) is 0 Å². The van der Waals surface area contributed by atoms with E-state index in [1.807, 2.05) is 0 Å². The second-order valence-corrected chi connectivity index (χ2v) is 5.84. The molecule has 3 rings (SSSR count). The van der Waals surface area contributed by atoms with Crippen molar-refractivity contribution in [2.45, 2.75) is 50.2 Å². The molecule has 3 nitrogen and oxygen atoms in total. The van der Waals surface area contributed by atoms with Crippen LogP contribution >= 0.6 is 0 Å². The van der Waals surface area contributed by atoms with Crippen LogP contribution < -0.4 is 10.5 Å². The van der Waals surface area contributed by atoms with Gasteiger partial charge in [0.25, 0.3) is 0 Å². The molecule has 1 aromatic rings. The van der Waals surface area contributed by atoms with Gasteiger partial charge in [0.2, 0.25) is 0 Å². The summed E-state index contributed by atoms with van der Waals surface area (Å²) < 4.78 is 11.4. The largest absolute Gasteiger partial charge is 0.488 e. The monoisotopic (exact) mass is 261 g/mol. The van der Waals surface area contributed by atoms with E-state index in [0.717, 1.165) is 38.0 Å². The SMILES string of the molecule is NC1(c2ccc(OC3CCCOC3)cc2)CCCC1. The van der Waals surface area contributed by atoms with Crippen LogP contribution in [0.4, 0.5) is 0 Å². The van der Waals surface area contributed by atoms with Crippen molar-refractivity contribution < 1.29 is 9.47 Å². The molecule has 0 radical (unpaired) electrons. The van der Waals surface area contributed by atoms with Crippen molar-refractivity contribution >= 4 is 0 Å². The summed E-state index contributed by atoms with van der Waals surface area (Å²) in [6.07, 6.45) is 7.07. The molecule has 2 aliphatic rings. The fourth-order valence-electron chi connectivity index (χ4n) is 3.16. The Kier molecular flexibility index (Phi) is 3.76. The summed E-state index contributed by atoms with van der Waals surface area (Å²) in [5.41, 5.74) is 7.60. The van der Waals surface area contributed by atoms with Gasteiger partial charge in [0.1, 0.15) is 11.9 Å². The Hall–Kier alpha value is -1.06. The Morgan fingerprint density at radius 2 is 1.84 bits per heavy atom. The Morgan fingerprint density at radius 3 is 2.47 bits per heavy atom. The first-order valence-electron chi connectivity index (χ1n) is 7.40. The van der Waals surface area contributed by atoms with Gasteiger partial charge >= 0.3 is 0 Å². The van der Waals surface area contributed by atoms with Crippen LogP contribution in [0.3, 0.4) is 0 Å². The number of hydrogen-bond donors (Lipinski definition) is 1. The smallest absolute Gasteiger partial charge is 0.122 e. The van der Waals surface area contributed by atoms with E-state index < -0.39 is 0 Å². The molecule has 0 spiro atoms. The van der Waals surface area contributed by atoms with E-state index in [9.17, 15) is 0 Å². The summed E-state index contributed by atoms with van der Waals surface area (Å²) in [7, 11) is 0. The lowest BCUT2D eigenvalue weighted by Gasteiger charge is -2.26. The van der Waals surface area contributed by atoms with Gasteiger partial charge in [-0.1, -0.05) is 25.0 Å². The summed E-state index contributed by atoms with van der Waals surface area (Å²) >= 11 is 0. The summed E-state index contributed by atoms with van der Waals surface area (Å²) in [5.74, 6) is 0.931. The van der Waals surface area contributed by atoms with Crippen molar-refractivity contribution in [3.8, 4) is 5.75 Å². The van der Waals surface area contributed by atoms with E-state index in [1.54, 1.807) is 0 Å². The highest BCUT2D eigenvalue weighted by molar-refractivity contribution is 5.32. The van der Waals surface area contributed by atoms with E-state index in [-0.39, 0.29) is 11.6 Å². The Morgan fingerprint density at radius 1 is 1.11 bits per heavy atom. The maximum atomic E-state index is 6.45. The topological polar surface area (TPSA) is 44.5 Å². The van der Waals surface area contributed by atoms with Gasteiger partial charge < -0.3 is 15.2 Å². The van der Waals surface area contributed by atoms with Crippen LogP contribution in [0, 0.1) is 0 Å². The molecule has 1 atom stereocenters. The van der Waals surface area contributed by atoms with Crippen molar-refractivity contribution in [2.75, 3.05) is 13.2 Å². The minimum absolute atomic E-state index is 0.105. The first-order valence-corrected chi connectivity index (χ1v) is 7.40. The Balaban J connectivity index is 1.65. The van der Waals surface area contributed by atoms with Crippen LogP contribution in [-0.2, 0) is 10.3 Å². The zero-order valence-corrected chi connectivity index (χ0v) is 11.4. The molecule has 1 aromatic carbocycles. The second-order valence-electron chi connectivity index (χ2n) is 5.84. The first-order chi connectivity index (χ1) is 9.26. The molecule has 19 heavy (non-hydrogen) atoms. The van der Waals surface area contributed by atoms with Crippen LogP contribution in [0.15, 0.2) is 24.3 Å². The minimum atomic E-state index is -0.105. The normalized spacial score (nSPS) is 26.3. The molecule has 1 heterocycles. The average Bonchev–Trinajstić information content (AvgIpc) is 2.89. The van der Waals surface area contributed by atoms with Gasteiger partial charge in [-0.25, -0.2) is 0 Å². The van der Waals surface area contributed by atoms with E-state index in [0.29, 0.717) is 6.61 Å². The quantitative estimate of drug-likeness (QED) is 0.909. The van der Waals surface area contributed by atoms with Crippen LogP contribution in [0.5, 0.6) is 5.75 Å². The van der Waals surface area contributed by atoms with Crippen molar-refractivity contribution in [1.82, 2.24) is 0 Å². The molecular weight excluding hydrogens is 238 g/mol. The van der Waals surface area contributed by atoms with Crippen molar-refractivity contribution in [2.24, 2.45) is 5.73 Å². The molecule has 1 aliphatic carbocycles. The Bertz CT molecular complexity index is 403. The zero-order chi connectivity index (χ0) is 13.1. The molecule has 1 aliphatic heterocycles. The molecular formula is C16H23NO2. The zero-order valence-electron chi connectivity index (χ0n) is 11.4. The maximum absolute atomic E-state index is 6.45. The molecule has 1 saturated carbocycles. The highest BCUT2D eigenvalue weighted by atomic mass is 16.5. The van der Waals surface area contributed by atoms with Crippen molar-refractivity contribution in [3.05, 3.63) is 29.8 Å². The van der Waals surface area contributed by atoms with E-state index in [1.165, 1.54) is 18.4 Å². The molecule has 3 heteroatoms. The molecule has 0 amide bonds. The highest BCUT2D eigenvalue weighted by Gasteiger charge is 2.31. The second kappa shape index (κ2) is 5.51. The fourth-order valence-corrected chi connectivity index (χ4v) is 3.16. The van der Waals surface area contributed by atoms with Gasteiger partial charge in [-0.3, -0.25) is 0 Å². The lowest BCUT2D eigenvalue weighted by Crippen LogP contribution is -2.33. The summed E-state index contributed by atoms with van der Waals surface area (Å²) in [4.78, 5) is 0. The maximum Gasteiger partial charge on any atom is 0.122 e. The summed E-state index contributed by atoms with van der Waals surface area (Å²) in [6, 6.07) is 8.36. The van der Waals surface area contributed by atoms with E-state index >= 15 is 0 Å². The van der Waals surface area contributed by atoms with Gasteiger partial charge in [-0.05, 0) is 43.4 Å². The van der Waals surface area contributed by atoms with Crippen LogP contribution in [0.25, 0.3) is 0 Å². The molecule has 104 valence electrons. The third kappa shape index (κ3) is 2.93. The average molecular weight is 261 g/mol. The summed E-state index contributed by atoms with van der Waals surface area (Å²) in [6.45, 7) is 1.58. The number of rotatable bonds is 3. The molecule has 1 unspecified atom stereocenters. The Labute approximate surface area is 115 Å². The predicted octanol–water partition coefficient (Wildman–Crippen LogP) is 2.97. The number of hydrogen-bond acceptors (Lipinski definition) is 3. The van der Waals surface area contributed by atoms with Crippen molar-refractivity contribution in [1.29, 1.82) is 0 Å². The van der Waals surface area contributed by atoms with Crippen LogP contribution in [-0.4, -0.2) is 19.3 Å². The van der Waals surface area contributed by atoms with Gasteiger partial charge in [0.05, 0.1) is 6.61 Å². The number of ether oxygens (including phenoxy) is 2. The van der Waals surface area contributed by atoms with Gasteiger partial charge in [-0.2, -0.15) is 0 Å². The molecule has 2 fully saturated rings. The number of benzene rings is 1. The fraction of sp³-hybridized carbons (Fsp3) is 0.625. The van der Waals surface area contributed by atoms with Gasteiger partial charge in [0.15, 0.2) is 0 Å². The molecule has 0 aromatic heterocycles. The standard InChI is InChI=1S/C16H23NO2/c17-16(9-1-2-10-16)13-5-7-14(8-6-13)19-15-4-3-11-18-12-15/h5-8,15H,1-4,9-12,17H2. The van der Waals surface area contributed by atoms with Crippen LogP contribution in [0.1, 0.15) is 44.1 Å². The minimum Gasteiger partial charge on any atom is -0.488 e. The third-order valence-corrected chi connectivity index (χ3v) is 4.35. The van der Waals surface area contributed by atoms with Crippen LogP contribution in [0.2, 0.25) is 0 Å². The lowest BCUT2D eigenvalue weighted by atomic mass is 9.89. The third-order valence-electron chi connectivity index (χ3n) is 4.35. The molecule has 1 saturated heterocycles. The van der Waals surface area contributed by atoms with Gasteiger partial charge in [-0.15, -0.1) is 0 Å². The predicted molar refractivity (Wildman–Crippen MR) is 75.2 cm³/mol. The number of nitrogens with two attached hydrogens (primary N) is 1. The summed E-state index contributed by atoms with van der Waals surface area (Å²) in [5, 5.41) is 0. The van der Waals surface area contributed by atoms with E-state index in [4.69, 9.17) is 15.2 Å². The lowest BCUT2D eigenvalue weighted by molar-refractivity contribution is 0.00742. The molecule has 2 N–H and O–H groups in total. The van der Waals surface area contributed by atoms with E-state index in [2.05, 4.69) is 24.3 Å².